The fourth-order valence-electron chi connectivity index (χ4n) is 3.18. The number of hydrogen-bond donors (Lipinski definition) is 1. The first kappa shape index (κ1) is 17.4. The van der Waals surface area contributed by atoms with Crippen LogP contribution in [-0.2, 0) is 16.4 Å². The van der Waals surface area contributed by atoms with Crippen LogP contribution >= 0.6 is 0 Å². The van der Waals surface area contributed by atoms with Crippen molar-refractivity contribution in [3.8, 4) is 0 Å². The lowest BCUT2D eigenvalue weighted by atomic mass is 10.1. The Balaban J connectivity index is 1.99. The van der Waals surface area contributed by atoms with E-state index in [4.69, 9.17) is 0 Å². The number of hydrogen-bond acceptors (Lipinski definition) is 4. The zero-order chi connectivity index (χ0) is 16.5. The zero-order valence-corrected chi connectivity index (χ0v) is 15.1. The minimum Gasteiger partial charge on any atom is -0.308 e. The number of nitrogens with one attached hydrogen (secondary N) is 1. The molecule has 0 aromatic heterocycles. The van der Waals surface area contributed by atoms with Crippen LogP contribution in [0.15, 0.2) is 23.1 Å². The summed E-state index contributed by atoms with van der Waals surface area (Å²) in [4.78, 5) is 2.93. The number of likely N-dealkylation sites (tertiary alicyclic amines) is 1. The average molecular weight is 324 g/mol. The Morgan fingerprint density at radius 2 is 2.00 bits per heavy atom. The zero-order valence-electron chi connectivity index (χ0n) is 14.3. The van der Waals surface area contributed by atoms with Gasteiger partial charge < -0.3 is 5.32 Å². The standard InChI is InChI=1S/C17H28N2O2S/c1-12(2)19-10-14(4)16(11-19)18-9-15-6-7-17(13(3)8-15)22(5,20)21/h6-8,12,14,16,18H,9-11H2,1-5H3/t14-,16-/m1/s1. The topological polar surface area (TPSA) is 49.4 Å². The minimum absolute atomic E-state index is 0.427. The third-order valence-corrected chi connectivity index (χ3v) is 5.84. The molecule has 1 N–H and O–H groups in total. The summed E-state index contributed by atoms with van der Waals surface area (Å²) >= 11 is 0. The van der Waals surface area contributed by atoms with E-state index in [9.17, 15) is 8.42 Å². The van der Waals surface area contributed by atoms with Crippen molar-refractivity contribution in [2.24, 2.45) is 5.92 Å². The van der Waals surface area contributed by atoms with Crippen molar-refractivity contribution in [3.05, 3.63) is 29.3 Å². The fourth-order valence-corrected chi connectivity index (χ4v) is 4.14. The Labute approximate surface area is 134 Å². The van der Waals surface area contributed by atoms with E-state index in [2.05, 4.69) is 31.0 Å². The Morgan fingerprint density at radius 1 is 1.32 bits per heavy atom. The van der Waals surface area contributed by atoms with Gasteiger partial charge in [-0.15, -0.1) is 0 Å². The molecule has 4 nitrogen and oxygen atoms in total. The Hall–Kier alpha value is -0.910. The van der Waals surface area contributed by atoms with Gasteiger partial charge in [0.1, 0.15) is 0 Å². The summed E-state index contributed by atoms with van der Waals surface area (Å²) in [5, 5.41) is 3.63. The molecule has 1 fully saturated rings. The molecule has 1 aliphatic heterocycles. The lowest BCUT2D eigenvalue weighted by Gasteiger charge is -2.20. The van der Waals surface area contributed by atoms with E-state index in [0.29, 0.717) is 22.9 Å². The summed E-state index contributed by atoms with van der Waals surface area (Å²) < 4.78 is 23.3. The van der Waals surface area contributed by atoms with Crippen molar-refractivity contribution in [3.63, 3.8) is 0 Å². The van der Waals surface area contributed by atoms with Crippen LogP contribution in [0, 0.1) is 12.8 Å². The maximum Gasteiger partial charge on any atom is 0.175 e. The van der Waals surface area contributed by atoms with E-state index in [-0.39, 0.29) is 0 Å². The number of nitrogens with zero attached hydrogens (tertiary/aromatic N) is 1. The maximum atomic E-state index is 11.7. The van der Waals surface area contributed by atoms with Crippen molar-refractivity contribution in [1.29, 1.82) is 0 Å². The summed E-state index contributed by atoms with van der Waals surface area (Å²) in [6, 6.07) is 6.70. The lowest BCUT2D eigenvalue weighted by Crippen LogP contribution is -2.36. The molecular weight excluding hydrogens is 296 g/mol. The Kier molecular flexibility index (Phi) is 5.30. The van der Waals surface area contributed by atoms with E-state index in [1.165, 1.54) is 6.26 Å². The third-order valence-electron chi connectivity index (χ3n) is 4.58. The average Bonchev–Trinajstić information content (AvgIpc) is 2.76. The molecule has 0 bridgehead atoms. The van der Waals surface area contributed by atoms with Gasteiger partial charge in [0.25, 0.3) is 0 Å². The molecule has 2 atom stereocenters. The molecule has 0 amide bonds. The van der Waals surface area contributed by atoms with Gasteiger partial charge in [-0.1, -0.05) is 19.1 Å². The van der Waals surface area contributed by atoms with Crippen LogP contribution in [0.3, 0.4) is 0 Å². The van der Waals surface area contributed by atoms with Crippen LogP contribution in [-0.4, -0.2) is 44.7 Å². The Morgan fingerprint density at radius 3 is 2.50 bits per heavy atom. The molecule has 1 aliphatic rings. The molecule has 0 saturated carbocycles. The van der Waals surface area contributed by atoms with E-state index < -0.39 is 9.84 Å². The van der Waals surface area contributed by atoms with Gasteiger partial charge in [-0.25, -0.2) is 8.42 Å². The van der Waals surface area contributed by atoms with Crippen LogP contribution in [0.4, 0.5) is 0 Å². The summed E-state index contributed by atoms with van der Waals surface area (Å²) in [6.45, 7) is 11.6. The first-order chi connectivity index (χ1) is 10.2. The number of rotatable bonds is 5. The van der Waals surface area contributed by atoms with E-state index in [0.717, 1.165) is 30.8 Å². The van der Waals surface area contributed by atoms with Crippen LogP contribution in [0.25, 0.3) is 0 Å². The molecule has 0 spiro atoms. The molecule has 1 heterocycles. The molecule has 1 saturated heterocycles. The summed E-state index contributed by atoms with van der Waals surface area (Å²) in [5.74, 6) is 0.638. The van der Waals surface area contributed by atoms with Gasteiger partial charge in [-0.2, -0.15) is 0 Å². The molecule has 124 valence electrons. The van der Waals surface area contributed by atoms with Crippen LogP contribution in [0.2, 0.25) is 0 Å². The highest BCUT2D eigenvalue weighted by atomic mass is 32.2. The van der Waals surface area contributed by atoms with E-state index >= 15 is 0 Å². The molecule has 22 heavy (non-hydrogen) atoms. The molecule has 5 heteroatoms. The van der Waals surface area contributed by atoms with Crippen molar-refractivity contribution in [2.45, 2.75) is 51.2 Å². The molecule has 0 unspecified atom stereocenters. The quantitative estimate of drug-likeness (QED) is 0.902. The number of aryl methyl sites for hydroxylation is 1. The first-order valence-corrected chi connectivity index (χ1v) is 9.84. The normalized spacial score (nSPS) is 23.4. The predicted octanol–water partition coefficient (Wildman–Crippen LogP) is 2.22. The monoisotopic (exact) mass is 324 g/mol. The number of sulfone groups is 1. The summed E-state index contributed by atoms with van der Waals surface area (Å²) in [7, 11) is -3.13. The van der Waals surface area contributed by atoms with Gasteiger partial charge in [0.05, 0.1) is 4.90 Å². The van der Waals surface area contributed by atoms with Crippen molar-refractivity contribution >= 4 is 9.84 Å². The highest BCUT2D eigenvalue weighted by Gasteiger charge is 2.30. The molecule has 0 aliphatic carbocycles. The second-order valence-electron chi connectivity index (χ2n) is 6.88. The third kappa shape index (κ3) is 4.09. The number of benzene rings is 1. The molecule has 2 rings (SSSR count). The summed E-state index contributed by atoms with van der Waals surface area (Å²) in [6.07, 6.45) is 1.26. The van der Waals surface area contributed by atoms with Crippen molar-refractivity contribution in [2.75, 3.05) is 19.3 Å². The SMILES string of the molecule is Cc1cc(CN[C@@H]2CN(C(C)C)C[C@H]2C)ccc1S(C)(=O)=O. The second-order valence-corrected chi connectivity index (χ2v) is 8.87. The maximum absolute atomic E-state index is 11.7. The minimum atomic E-state index is -3.13. The van der Waals surface area contributed by atoms with Crippen LogP contribution < -0.4 is 5.32 Å². The van der Waals surface area contributed by atoms with Crippen LogP contribution in [0.1, 0.15) is 31.9 Å². The predicted molar refractivity (Wildman–Crippen MR) is 90.8 cm³/mol. The van der Waals surface area contributed by atoms with E-state index in [1.54, 1.807) is 6.07 Å². The highest BCUT2D eigenvalue weighted by molar-refractivity contribution is 7.90. The van der Waals surface area contributed by atoms with Gasteiger partial charge in [-0.05, 0) is 43.9 Å². The van der Waals surface area contributed by atoms with E-state index in [1.807, 2.05) is 19.1 Å². The Bertz CT molecular complexity index is 626. The molecule has 0 radical (unpaired) electrons. The smallest absolute Gasteiger partial charge is 0.175 e. The highest BCUT2D eigenvalue weighted by Crippen LogP contribution is 2.20. The van der Waals surface area contributed by atoms with Gasteiger partial charge in [0, 0.05) is 38.0 Å². The van der Waals surface area contributed by atoms with Crippen molar-refractivity contribution in [1.82, 2.24) is 10.2 Å². The van der Waals surface area contributed by atoms with Crippen molar-refractivity contribution < 1.29 is 8.42 Å². The molecular formula is C17H28N2O2S. The van der Waals surface area contributed by atoms with Gasteiger partial charge in [-0.3, -0.25) is 4.90 Å². The first-order valence-electron chi connectivity index (χ1n) is 7.95. The second kappa shape index (κ2) is 6.69. The molecule has 1 aromatic rings. The van der Waals surface area contributed by atoms with Gasteiger partial charge in [0.15, 0.2) is 9.84 Å². The van der Waals surface area contributed by atoms with Gasteiger partial charge in [0.2, 0.25) is 0 Å². The lowest BCUT2D eigenvalue weighted by molar-refractivity contribution is 0.264. The fraction of sp³-hybridized carbons (Fsp3) is 0.647. The van der Waals surface area contributed by atoms with Gasteiger partial charge >= 0.3 is 0 Å². The largest absolute Gasteiger partial charge is 0.308 e. The summed E-state index contributed by atoms with van der Waals surface area (Å²) in [5.41, 5.74) is 1.96. The molecule has 1 aromatic carbocycles. The van der Waals surface area contributed by atoms with Crippen LogP contribution in [0.5, 0.6) is 0 Å².